The van der Waals surface area contributed by atoms with Crippen LogP contribution in [0.15, 0.2) is 23.0 Å². The molecule has 0 bridgehead atoms. The summed E-state index contributed by atoms with van der Waals surface area (Å²) in [5.74, 6) is 1.31. The molecule has 1 saturated heterocycles. The van der Waals surface area contributed by atoms with E-state index >= 15 is 0 Å². The molecule has 1 N–H and O–H groups in total. The zero-order valence-electron chi connectivity index (χ0n) is 15.2. The van der Waals surface area contributed by atoms with Crippen LogP contribution in [-0.2, 0) is 0 Å². The molecule has 3 aromatic rings. The number of nitrogens with zero attached hydrogens (tertiary/aromatic N) is 4. The van der Waals surface area contributed by atoms with Gasteiger partial charge in [-0.15, -0.1) is 0 Å². The van der Waals surface area contributed by atoms with Crippen LogP contribution in [-0.4, -0.2) is 32.6 Å². The summed E-state index contributed by atoms with van der Waals surface area (Å²) in [5, 5.41) is 0.369. The molecule has 1 aliphatic rings. The quantitative estimate of drug-likeness (QED) is 0.704. The minimum Gasteiger partial charge on any atom is -0.342 e. The fraction of sp³-hybridized carbons (Fsp3) is 0.368. The summed E-state index contributed by atoms with van der Waals surface area (Å²) in [4.78, 5) is 27.0. The summed E-state index contributed by atoms with van der Waals surface area (Å²) >= 11 is 5.67. The van der Waals surface area contributed by atoms with Gasteiger partial charge in [0.25, 0.3) is 5.56 Å². The number of nitrogens with one attached hydrogen (secondary N) is 1. The van der Waals surface area contributed by atoms with Crippen LogP contribution in [0, 0.1) is 25.4 Å². The van der Waals surface area contributed by atoms with E-state index in [9.17, 15) is 4.79 Å². The van der Waals surface area contributed by atoms with Gasteiger partial charge in [-0.2, -0.15) is 4.98 Å². The van der Waals surface area contributed by atoms with Crippen molar-refractivity contribution < 1.29 is 0 Å². The molecule has 0 radical (unpaired) electrons. The highest BCUT2D eigenvalue weighted by Gasteiger charge is 2.18. The Morgan fingerprint density at radius 1 is 1.12 bits per heavy atom. The summed E-state index contributed by atoms with van der Waals surface area (Å²) < 4.78 is 2.31. The fourth-order valence-corrected chi connectivity index (χ4v) is 4.02. The number of aryl methyl sites for hydroxylation is 3. The predicted molar refractivity (Wildman–Crippen MR) is 106 cm³/mol. The van der Waals surface area contributed by atoms with E-state index in [1.807, 2.05) is 30.5 Å². The summed E-state index contributed by atoms with van der Waals surface area (Å²) in [6.07, 6.45) is 2.23. The molecule has 1 fully saturated rings. The number of aromatic amines is 1. The zero-order chi connectivity index (χ0) is 18.4. The lowest BCUT2D eigenvalue weighted by molar-refractivity contribution is 0.872. The first-order valence-corrected chi connectivity index (χ1v) is 9.23. The molecule has 0 atom stereocenters. The highest BCUT2D eigenvalue weighted by Crippen LogP contribution is 2.22. The maximum absolute atomic E-state index is 12.8. The second kappa shape index (κ2) is 6.32. The molecule has 0 aliphatic carbocycles. The van der Waals surface area contributed by atoms with Gasteiger partial charge in [0.2, 0.25) is 5.95 Å². The molecule has 0 spiro atoms. The monoisotopic (exact) mass is 367 g/mol. The van der Waals surface area contributed by atoms with E-state index in [0.717, 1.165) is 43.0 Å². The maximum Gasteiger partial charge on any atom is 0.264 e. The molecule has 1 aliphatic heterocycles. The summed E-state index contributed by atoms with van der Waals surface area (Å²) in [5.41, 5.74) is 3.39. The molecular formula is C19H21N5OS. The average Bonchev–Trinajstić information content (AvgIpc) is 3.10. The number of H-pyrrole nitrogens is 1. The molecule has 4 rings (SSSR count). The van der Waals surface area contributed by atoms with Gasteiger partial charge in [-0.1, -0.05) is 29.9 Å². The van der Waals surface area contributed by atoms with Crippen molar-refractivity contribution >= 4 is 29.2 Å². The molecule has 0 amide bonds. The normalized spacial score (nSPS) is 14.3. The lowest BCUT2D eigenvalue weighted by Gasteiger charge is -2.17. The number of hydrogen-bond donors (Lipinski definition) is 1. The first-order chi connectivity index (χ1) is 12.5. The smallest absolute Gasteiger partial charge is 0.264 e. The van der Waals surface area contributed by atoms with Crippen molar-refractivity contribution in [3.05, 3.63) is 50.1 Å². The molecule has 2 aromatic heterocycles. The molecule has 134 valence electrons. The minimum atomic E-state index is -0.229. The van der Waals surface area contributed by atoms with Gasteiger partial charge >= 0.3 is 0 Å². The van der Waals surface area contributed by atoms with Crippen LogP contribution in [0.3, 0.4) is 0 Å². The predicted octanol–water partition coefficient (Wildman–Crippen LogP) is 3.36. The number of hydrogen-bond acceptors (Lipinski definition) is 5. The lowest BCUT2D eigenvalue weighted by atomic mass is 10.1. The SMILES string of the molecule is Cc1ccc(-n2c(C)nc3nc(N4CCCC4)[nH]c(=O)c3c2=S)c(C)c1. The van der Waals surface area contributed by atoms with Crippen molar-refractivity contribution in [1.29, 1.82) is 0 Å². The van der Waals surface area contributed by atoms with Crippen LogP contribution < -0.4 is 10.5 Å². The van der Waals surface area contributed by atoms with E-state index in [0.29, 0.717) is 21.6 Å². The van der Waals surface area contributed by atoms with Gasteiger partial charge < -0.3 is 4.90 Å². The van der Waals surface area contributed by atoms with Crippen molar-refractivity contribution in [3.8, 4) is 5.69 Å². The van der Waals surface area contributed by atoms with Gasteiger partial charge in [0, 0.05) is 13.1 Å². The van der Waals surface area contributed by atoms with E-state index in [1.54, 1.807) is 0 Å². The Morgan fingerprint density at radius 3 is 2.54 bits per heavy atom. The number of benzene rings is 1. The first-order valence-electron chi connectivity index (χ1n) is 8.82. The van der Waals surface area contributed by atoms with Gasteiger partial charge in [-0.25, -0.2) is 4.98 Å². The Kier molecular flexibility index (Phi) is 4.11. The van der Waals surface area contributed by atoms with Gasteiger partial charge in [-0.3, -0.25) is 14.3 Å². The number of aromatic nitrogens is 4. The topological polar surface area (TPSA) is 66.8 Å². The van der Waals surface area contributed by atoms with Gasteiger partial charge in [0.1, 0.15) is 15.9 Å². The Bertz CT molecular complexity index is 1130. The first kappa shape index (κ1) is 16.9. The standard InChI is InChI=1S/C19H21N5OS/c1-11-6-7-14(12(2)10-11)24-13(3)20-16-15(18(24)26)17(25)22-19(21-16)23-8-4-5-9-23/h6-7,10H,4-5,8-9H2,1-3H3,(H,21,22,25). The van der Waals surface area contributed by atoms with Gasteiger partial charge in [-0.05, 0) is 45.2 Å². The zero-order valence-corrected chi connectivity index (χ0v) is 16.0. The Morgan fingerprint density at radius 2 is 1.85 bits per heavy atom. The number of rotatable bonds is 2. The van der Waals surface area contributed by atoms with Crippen LogP contribution in [0.4, 0.5) is 5.95 Å². The van der Waals surface area contributed by atoms with Crippen LogP contribution in [0.1, 0.15) is 29.8 Å². The summed E-state index contributed by atoms with van der Waals surface area (Å²) in [6, 6.07) is 6.15. The van der Waals surface area contributed by atoms with Crippen molar-refractivity contribution in [1.82, 2.24) is 19.5 Å². The van der Waals surface area contributed by atoms with Crippen molar-refractivity contribution in [3.63, 3.8) is 0 Å². The Balaban J connectivity index is 1.97. The van der Waals surface area contributed by atoms with E-state index in [-0.39, 0.29) is 5.56 Å². The van der Waals surface area contributed by atoms with Crippen molar-refractivity contribution in [2.75, 3.05) is 18.0 Å². The van der Waals surface area contributed by atoms with Crippen molar-refractivity contribution in [2.45, 2.75) is 33.6 Å². The van der Waals surface area contributed by atoms with E-state index in [2.05, 4.69) is 32.8 Å². The highest BCUT2D eigenvalue weighted by molar-refractivity contribution is 7.71. The molecule has 0 unspecified atom stereocenters. The molecule has 7 heteroatoms. The summed E-state index contributed by atoms with van der Waals surface area (Å²) in [6.45, 7) is 7.79. The van der Waals surface area contributed by atoms with Gasteiger partial charge in [0.15, 0.2) is 5.65 Å². The Labute approximate surface area is 156 Å². The lowest BCUT2D eigenvalue weighted by Crippen LogP contribution is -2.25. The van der Waals surface area contributed by atoms with Crippen LogP contribution in [0.5, 0.6) is 0 Å². The van der Waals surface area contributed by atoms with Crippen LogP contribution in [0.2, 0.25) is 0 Å². The van der Waals surface area contributed by atoms with Crippen molar-refractivity contribution in [2.24, 2.45) is 0 Å². The van der Waals surface area contributed by atoms with E-state index in [4.69, 9.17) is 12.2 Å². The molecule has 1 aromatic carbocycles. The largest absolute Gasteiger partial charge is 0.342 e. The van der Waals surface area contributed by atoms with Gasteiger partial charge in [0.05, 0.1) is 5.69 Å². The van der Waals surface area contributed by atoms with Crippen LogP contribution >= 0.6 is 12.2 Å². The molecule has 0 saturated carbocycles. The molecule has 3 heterocycles. The second-order valence-corrected chi connectivity index (χ2v) is 7.26. The molecule has 6 nitrogen and oxygen atoms in total. The number of anilines is 1. The number of fused-ring (bicyclic) bond motifs is 1. The molecule has 26 heavy (non-hydrogen) atoms. The molecular weight excluding hydrogens is 346 g/mol. The third-order valence-electron chi connectivity index (χ3n) is 4.89. The third-order valence-corrected chi connectivity index (χ3v) is 5.28. The fourth-order valence-electron chi connectivity index (χ4n) is 3.60. The van der Waals surface area contributed by atoms with E-state index < -0.39 is 0 Å². The highest BCUT2D eigenvalue weighted by atomic mass is 32.1. The minimum absolute atomic E-state index is 0.229. The second-order valence-electron chi connectivity index (χ2n) is 6.87. The van der Waals surface area contributed by atoms with Crippen LogP contribution in [0.25, 0.3) is 16.7 Å². The summed E-state index contributed by atoms with van der Waals surface area (Å²) in [7, 11) is 0. The maximum atomic E-state index is 12.8. The Hall–Kier alpha value is -2.54. The average molecular weight is 367 g/mol. The third kappa shape index (κ3) is 2.72. The van der Waals surface area contributed by atoms with E-state index in [1.165, 1.54) is 5.56 Å².